The first kappa shape index (κ1) is 15.8. The van der Waals surface area contributed by atoms with Gasteiger partial charge in [-0.25, -0.2) is 9.67 Å². The molecule has 0 aromatic carbocycles. The summed E-state index contributed by atoms with van der Waals surface area (Å²) in [4.78, 5) is 13.1. The molecule has 0 atom stereocenters. The molecule has 3 rings (SSSR count). The average molecular weight is 331 g/mol. The van der Waals surface area contributed by atoms with Crippen molar-refractivity contribution in [1.82, 2.24) is 29.2 Å². The van der Waals surface area contributed by atoms with Crippen molar-refractivity contribution in [3.63, 3.8) is 0 Å². The molecule has 0 saturated carbocycles. The lowest BCUT2D eigenvalue weighted by molar-refractivity contribution is 0.193. The fraction of sp³-hybridized carbons (Fsp3) is 0.467. The summed E-state index contributed by atoms with van der Waals surface area (Å²) >= 11 is 5.51. The highest BCUT2D eigenvalue weighted by atomic mass is 32.1. The van der Waals surface area contributed by atoms with Crippen molar-refractivity contribution in [2.24, 2.45) is 0 Å². The van der Waals surface area contributed by atoms with Crippen LogP contribution in [0.2, 0.25) is 0 Å². The normalized spacial score (nSPS) is 15.8. The second kappa shape index (κ2) is 7.01. The third-order valence-corrected chi connectivity index (χ3v) is 4.43. The first-order valence-electron chi connectivity index (χ1n) is 7.67. The van der Waals surface area contributed by atoms with Gasteiger partial charge in [-0.2, -0.15) is 5.10 Å². The fourth-order valence-electron chi connectivity index (χ4n) is 2.74. The van der Waals surface area contributed by atoms with E-state index >= 15 is 0 Å². The Balaban J connectivity index is 1.62. The zero-order valence-corrected chi connectivity index (χ0v) is 14.1. The van der Waals surface area contributed by atoms with Gasteiger partial charge in [-0.05, 0) is 19.1 Å². The first-order valence-corrected chi connectivity index (χ1v) is 8.08. The van der Waals surface area contributed by atoms with Gasteiger partial charge in [0.2, 0.25) is 0 Å². The number of hydrogen-bond donors (Lipinski definition) is 0. The Bertz CT molecular complexity index is 713. The predicted octanol–water partition coefficient (Wildman–Crippen LogP) is 1.48. The standard InChI is InChI=1S/C15H21N7S/c1-3-6-21-13(2)18-22(15(21)23)12-19-7-9-20(10-8-19)14-11-16-4-5-17-14/h3-5,11H,1,6-10,12H2,2H3. The molecule has 23 heavy (non-hydrogen) atoms. The lowest BCUT2D eigenvalue weighted by Gasteiger charge is -2.34. The highest BCUT2D eigenvalue weighted by molar-refractivity contribution is 7.71. The molecule has 3 heterocycles. The Morgan fingerprint density at radius 2 is 2.04 bits per heavy atom. The lowest BCUT2D eigenvalue weighted by Crippen LogP contribution is -2.47. The highest BCUT2D eigenvalue weighted by Crippen LogP contribution is 2.12. The van der Waals surface area contributed by atoms with Gasteiger partial charge in [0.15, 0.2) is 4.77 Å². The third-order valence-electron chi connectivity index (χ3n) is 4.00. The van der Waals surface area contributed by atoms with E-state index in [2.05, 4.69) is 31.4 Å². The monoisotopic (exact) mass is 331 g/mol. The molecule has 122 valence electrons. The van der Waals surface area contributed by atoms with Crippen LogP contribution in [0.4, 0.5) is 5.82 Å². The second-order valence-corrected chi connectivity index (χ2v) is 5.90. The molecule has 0 unspecified atom stereocenters. The zero-order valence-electron chi connectivity index (χ0n) is 13.3. The minimum atomic E-state index is 0.700. The largest absolute Gasteiger partial charge is 0.353 e. The van der Waals surface area contributed by atoms with Crippen LogP contribution in [0.3, 0.4) is 0 Å². The number of aromatic nitrogens is 5. The molecule has 0 aliphatic carbocycles. The van der Waals surface area contributed by atoms with Gasteiger partial charge in [0.1, 0.15) is 11.6 Å². The Morgan fingerprint density at radius 1 is 1.26 bits per heavy atom. The van der Waals surface area contributed by atoms with E-state index in [1.807, 2.05) is 28.4 Å². The lowest BCUT2D eigenvalue weighted by atomic mass is 10.3. The van der Waals surface area contributed by atoms with Gasteiger partial charge in [0.05, 0.1) is 12.9 Å². The summed E-state index contributed by atoms with van der Waals surface area (Å²) in [6, 6.07) is 0. The summed E-state index contributed by atoms with van der Waals surface area (Å²) in [6.45, 7) is 10.9. The highest BCUT2D eigenvalue weighted by Gasteiger charge is 2.19. The predicted molar refractivity (Wildman–Crippen MR) is 91.8 cm³/mol. The summed E-state index contributed by atoms with van der Waals surface area (Å²) in [6.07, 6.45) is 7.08. The molecule has 1 aliphatic rings. The van der Waals surface area contributed by atoms with Crippen LogP contribution in [0.1, 0.15) is 5.82 Å². The number of nitrogens with zero attached hydrogens (tertiary/aromatic N) is 7. The van der Waals surface area contributed by atoms with Gasteiger partial charge in [0, 0.05) is 45.1 Å². The smallest absolute Gasteiger partial charge is 0.199 e. The van der Waals surface area contributed by atoms with Gasteiger partial charge < -0.3 is 9.47 Å². The van der Waals surface area contributed by atoms with Gasteiger partial charge in [-0.1, -0.05) is 6.08 Å². The summed E-state index contributed by atoms with van der Waals surface area (Å²) in [5.41, 5.74) is 0. The van der Waals surface area contributed by atoms with Crippen molar-refractivity contribution in [2.75, 3.05) is 31.1 Å². The molecule has 1 saturated heterocycles. The van der Waals surface area contributed by atoms with Crippen molar-refractivity contribution in [2.45, 2.75) is 20.1 Å². The van der Waals surface area contributed by atoms with E-state index in [4.69, 9.17) is 12.2 Å². The molecule has 2 aromatic heterocycles. The first-order chi connectivity index (χ1) is 11.2. The topological polar surface area (TPSA) is 55.0 Å². The maximum Gasteiger partial charge on any atom is 0.199 e. The van der Waals surface area contributed by atoms with Crippen molar-refractivity contribution < 1.29 is 0 Å². The maximum atomic E-state index is 5.51. The SMILES string of the molecule is C=CCn1c(C)nn(CN2CCN(c3cnccn3)CC2)c1=S. The van der Waals surface area contributed by atoms with E-state index in [-0.39, 0.29) is 0 Å². The van der Waals surface area contributed by atoms with Crippen molar-refractivity contribution in [3.05, 3.63) is 41.8 Å². The Kier molecular flexibility index (Phi) is 4.82. The number of hydrogen-bond acceptors (Lipinski definition) is 6. The molecule has 1 fully saturated rings. The molecule has 7 nitrogen and oxygen atoms in total. The third kappa shape index (κ3) is 3.48. The Morgan fingerprint density at radius 3 is 2.70 bits per heavy atom. The number of anilines is 1. The van der Waals surface area contributed by atoms with E-state index in [9.17, 15) is 0 Å². The summed E-state index contributed by atoms with van der Waals surface area (Å²) in [5, 5.41) is 4.55. The summed E-state index contributed by atoms with van der Waals surface area (Å²) < 4.78 is 4.64. The molecule has 0 radical (unpaired) electrons. The molecule has 1 aliphatic heterocycles. The molecular weight excluding hydrogens is 310 g/mol. The Labute approximate surface area is 140 Å². The van der Waals surface area contributed by atoms with Crippen LogP contribution in [0, 0.1) is 11.7 Å². The molecule has 8 heteroatoms. The van der Waals surface area contributed by atoms with Crippen LogP contribution in [0.25, 0.3) is 0 Å². The molecule has 0 bridgehead atoms. The van der Waals surface area contributed by atoms with Crippen LogP contribution in [-0.4, -0.2) is 55.4 Å². The van der Waals surface area contributed by atoms with Crippen molar-refractivity contribution in [3.8, 4) is 0 Å². The van der Waals surface area contributed by atoms with Crippen LogP contribution in [0.15, 0.2) is 31.2 Å². The molecular formula is C15H21N7S. The van der Waals surface area contributed by atoms with Crippen molar-refractivity contribution in [1.29, 1.82) is 0 Å². The van der Waals surface area contributed by atoms with Crippen LogP contribution < -0.4 is 4.90 Å². The zero-order chi connectivity index (χ0) is 16.2. The van der Waals surface area contributed by atoms with Crippen LogP contribution in [0.5, 0.6) is 0 Å². The van der Waals surface area contributed by atoms with E-state index in [1.165, 1.54) is 0 Å². The summed E-state index contributed by atoms with van der Waals surface area (Å²) in [5.74, 6) is 1.86. The minimum absolute atomic E-state index is 0.700. The van der Waals surface area contributed by atoms with E-state index in [1.54, 1.807) is 12.4 Å². The number of piperazine rings is 1. The van der Waals surface area contributed by atoms with Crippen LogP contribution in [-0.2, 0) is 13.2 Å². The van der Waals surface area contributed by atoms with Crippen molar-refractivity contribution >= 4 is 18.0 Å². The number of rotatable bonds is 5. The molecule has 2 aromatic rings. The van der Waals surface area contributed by atoms with E-state index in [0.29, 0.717) is 6.54 Å². The van der Waals surface area contributed by atoms with E-state index in [0.717, 1.165) is 49.3 Å². The fourth-order valence-corrected chi connectivity index (χ4v) is 3.05. The van der Waals surface area contributed by atoms with E-state index < -0.39 is 0 Å². The second-order valence-electron chi connectivity index (χ2n) is 5.54. The number of allylic oxidation sites excluding steroid dienone is 1. The number of aryl methyl sites for hydroxylation is 1. The van der Waals surface area contributed by atoms with Crippen LogP contribution >= 0.6 is 12.2 Å². The van der Waals surface area contributed by atoms with Gasteiger partial charge in [-0.3, -0.25) is 9.88 Å². The quantitative estimate of drug-likeness (QED) is 0.611. The summed E-state index contributed by atoms with van der Waals surface area (Å²) in [7, 11) is 0. The average Bonchev–Trinajstić information content (AvgIpc) is 2.84. The maximum absolute atomic E-state index is 5.51. The van der Waals surface area contributed by atoms with Gasteiger partial charge in [0.25, 0.3) is 0 Å². The minimum Gasteiger partial charge on any atom is -0.353 e. The Hall–Kier alpha value is -2.06. The molecule has 0 spiro atoms. The van der Waals surface area contributed by atoms with Gasteiger partial charge >= 0.3 is 0 Å². The molecule has 0 amide bonds. The molecule has 0 N–H and O–H groups in total. The van der Waals surface area contributed by atoms with Gasteiger partial charge in [-0.15, -0.1) is 6.58 Å².